The molecule has 0 bridgehead atoms. The Labute approximate surface area is 170 Å². The number of benzene rings is 1. The van der Waals surface area contributed by atoms with Gasteiger partial charge in [0.2, 0.25) is 0 Å². The molecule has 27 heavy (non-hydrogen) atoms. The molecule has 0 radical (unpaired) electrons. The summed E-state index contributed by atoms with van der Waals surface area (Å²) < 4.78 is 1.00. The molecule has 0 atom stereocenters. The zero-order valence-electron chi connectivity index (χ0n) is 16.6. The quantitative estimate of drug-likeness (QED) is 0.598. The number of aromatic nitrogens is 1. The van der Waals surface area contributed by atoms with Gasteiger partial charge in [0.05, 0.1) is 16.8 Å². The minimum Gasteiger partial charge on any atom is -0.384 e. The summed E-state index contributed by atoms with van der Waals surface area (Å²) in [5.74, 6) is 1.64. The number of fused-ring (bicyclic) bond motifs is 1. The Hall–Kier alpha value is -1.46. The molecule has 1 aliphatic carbocycles. The molecule has 3 rings (SSSR count). The van der Waals surface area contributed by atoms with E-state index in [9.17, 15) is 4.79 Å². The van der Waals surface area contributed by atoms with E-state index in [1.807, 2.05) is 19.1 Å². The molecule has 1 N–H and O–H groups in total. The Kier molecular flexibility index (Phi) is 6.88. The molecule has 0 amide bonds. The van der Waals surface area contributed by atoms with E-state index in [1.165, 1.54) is 32.2 Å². The van der Waals surface area contributed by atoms with Gasteiger partial charge in [-0.15, -0.1) is 0 Å². The van der Waals surface area contributed by atoms with Crippen LogP contribution in [-0.2, 0) is 0 Å². The summed E-state index contributed by atoms with van der Waals surface area (Å²) in [4.78, 5) is 19.3. The van der Waals surface area contributed by atoms with Crippen LogP contribution in [0.15, 0.2) is 28.9 Å². The lowest BCUT2D eigenvalue weighted by Crippen LogP contribution is -2.28. The molecule has 1 aliphatic rings. The van der Waals surface area contributed by atoms with Gasteiger partial charge in [0.25, 0.3) is 0 Å². The average molecular weight is 432 g/mol. The standard InChI is InChI=1S/C22H30BrN3O/c1-4-21(27)19-13-24-20-10-9-17(23)11-18(20)22(19)25-12-15-5-7-16(8-6-15)14-26(2)3/h9-11,13,15-16H,4-8,12,14H2,1-3H3,(H,24,25). The minimum atomic E-state index is 0.140. The number of nitrogens with one attached hydrogen (secondary N) is 1. The minimum absolute atomic E-state index is 0.140. The van der Waals surface area contributed by atoms with Gasteiger partial charge >= 0.3 is 0 Å². The molecule has 1 heterocycles. The number of ketones is 1. The van der Waals surface area contributed by atoms with Crippen LogP contribution in [0, 0.1) is 11.8 Å². The number of nitrogens with zero attached hydrogens (tertiary/aromatic N) is 2. The summed E-state index contributed by atoms with van der Waals surface area (Å²) in [6.07, 6.45) is 7.34. The fourth-order valence-electron chi connectivity index (χ4n) is 4.14. The average Bonchev–Trinajstić information content (AvgIpc) is 2.66. The van der Waals surface area contributed by atoms with E-state index in [4.69, 9.17) is 0 Å². The highest BCUT2D eigenvalue weighted by atomic mass is 79.9. The third-order valence-corrected chi connectivity index (χ3v) is 6.10. The summed E-state index contributed by atoms with van der Waals surface area (Å²) in [7, 11) is 4.32. The number of carbonyl (C=O) groups is 1. The van der Waals surface area contributed by atoms with Crippen LogP contribution < -0.4 is 5.32 Å². The van der Waals surface area contributed by atoms with Crippen LogP contribution >= 0.6 is 15.9 Å². The summed E-state index contributed by atoms with van der Waals surface area (Å²) in [5, 5.41) is 4.65. The molecule has 146 valence electrons. The zero-order valence-corrected chi connectivity index (χ0v) is 18.2. The van der Waals surface area contributed by atoms with Crippen molar-refractivity contribution in [3.63, 3.8) is 0 Å². The van der Waals surface area contributed by atoms with Crippen LogP contribution in [0.5, 0.6) is 0 Å². The number of rotatable bonds is 7. The van der Waals surface area contributed by atoms with Gasteiger partial charge in [-0.2, -0.15) is 0 Å². The third-order valence-electron chi connectivity index (χ3n) is 5.61. The predicted molar refractivity (Wildman–Crippen MR) is 117 cm³/mol. The highest BCUT2D eigenvalue weighted by Crippen LogP contribution is 2.32. The summed E-state index contributed by atoms with van der Waals surface area (Å²) in [5.41, 5.74) is 2.58. The van der Waals surface area contributed by atoms with Crippen molar-refractivity contribution < 1.29 is 4.79 Å². The lowest BCUT2D eigenvalue weighted by molar-refractivity contribution is 0.0988. The van der Waals surface area contributed by atoms with Crippen molar-refractivity contribution in [2.75, 3.05) is 32.5 Å². The van der Waals surface area contributed by atoms with Crippen LogP contribution in [0.1, 0.15) is 49.4 Å². The second-order valence-electron chi connectivity index (χ2n) is 8.01. The van der Waals surface area contributed by atoms with Crippen LogP contribution in [0.4, 0.5) is 5.69 Å². The maximum atomic E-state index is 12.5. The first-order chi connectivity index (χ1) is 13.0. The second kappa shape index (κ2) is 9.16. The van der Waals surface area contributed by atoms with Crippen LogP contribution in [0.3, 0.4) is 0 Å². The molecule has 0 saturated heterocycles. The molecule has 1 fully saturated rings. The highest BCUT2D eigenvalue weighted by molar-refractivity contribution is 9.10. The zero-order chi connectivity index (χ0) is 19.4. The Morgan fingerprint density at radius 2 is 1.93 bits per heavy atom. The fraction of sp³-hybridized carbons (Fsp3) is 0.545. The van der Waals surface area contributed by atoms with Crippen LogP contribution in [0.25, 0.3) is 10.9 Å². The van der Waals surface area contributed by atoms with E-state index in [2.05, 4.69) is 51.3 Å². The molecule has 1 aromatic heterocycles. The van der Waals surface area contributed by atoms with Crippen molar-refractivity contribution in [3.8, 4) is 0 Å². The van der Waals surface area contributed by atoms with Crippen LogP contribution in [0.2, 0.25) is 0 Å². The molecule has 1 saturated carbocycles. The summed E-state index contributed by atoms with van der Waals surface area (Å²) >= 11 is 3.55. The largest absolute Gasteiger partial charge is 0.384 e. The molecule has 1 aromatic carbocycles. The van der Waals surface area contributed by atoms with Gasteiger partial charge in [0, 0.05) is 35.6 Å². The summed E-state index contributed by atoms with van der Waals surface area (Å²) in [6.45, 7) is 4.02. The van der Waals surface area contributed by atoms with Crippen molar-refractivity contribution in [2.24, 2.45) is 11.8 Å². The van der Waals surface area contributed by atoms with E-state index in [0.717, 1.165) is 33.5 Å². The first kappa shape index (κ1) is 20.3. The van der Waals surface area contributed by atoms with Gasteiger partial charge in [-0.25, -0.2) is 0 Å². The van der Waals surface area contributed by atoms with Crippen molar-refractivity contribution in [3.05, 3.63) is 34.4 Å². The lowest BCUT2D eigenvalue weighted by atomic mass is 9.81. The molecule has 0 unspecified atom stereocenters. The molecule has 5 heteroatoms. The predicted octanol–water partition coefficient (Wildman–Crippen LogP) is 5.37. The van der Waals surface area contributed by atoms with E-state index < -0.39 is 0 Å². The summed E-state index contributed by atoms with van der Waals surface area (Å²) in [6, 6.07) is 6.05. The Balaban J connectivity index is 1.75. The number of carbonyl (C=O) groups excluding carboxylic acids is 1. The molecular formula is C22H30BrN3O. The first-order valence-electron chi connectivity index (χ1n) is 9.98. The van der Waals surface area contributed by atoms with Crippen molar-refractivity contribution in [1.82, 2.24) is 9.88 Å². The molecule has 0 spiro atoms. The highest BCUT2D eigenvalue weighted by Gasteiger charge is 2.22. The number of pyridine rings is 1. The van der Waals surface area contributed by atoms with E-state index in [1.54, 1.807) is 6.20 Å². The van der Waals surface area contributed by atoms with Crippen molar-refractivity contribution >= 4 is 38.3 Å². The van der Waals surface area contributed by atoms with Gasteiger partial charge in [0.15, 0.2) is 5.78 Å². The Morgan fingerprint density at radius 3 is 2.59 bits per heavy atom. The van der Waals surface area contributed by atoms with E-state index in [-0.39, 0.29) is 5.78 Å². The SMILES string of the molecule is CCC(=O)c1cnc2ccc(Br)cc2c1NCC1CCC(CN(C)C)CC1. The number of hydrogen-bond acceptors (Lipinski definition) is 4. The first-order valence-corrected chi connectivity index (χ1v) is 10.8. The van der Waals surface area contributed by atoms with E-state index in [0.29, 0.717) is 17.9 Å². The maximum absolute atomic E-state index is 12.5. The van der Waals surface area contributed by atoms with Gasteiger partial charge in [-0.1, -0.05) is 22.9 Å². The topological polar surface area (TPSA) is 45.2 Å². The third kappa shape index (κ3) is 5.08. The van der Waals surface area contributed by atoms with Crippen molar-refractivity contribution in [2.45, 2.75) is 39.0 Å². The number of hydrogen-bond donors (Lipinski definition) is 1. The normalized spacial score (nSPS) is 20.2. The Morgan fingerprint density at radius 1 is 1.22 bits per heavy atom. The van der Waals surface area contributed by atoms with Crippen molar-refractivity contribution in [1.29, 1.82) is 0 Å². The number of anilines is 1. The molecule has 0 aliphatic heterocycles. The van der Waals surface area contributed by atoms with Crippen LogP contribution in [-0.4, -0.2) is 42.9 Å². The van der Waals surface area contributed by atoms with Gasteiger partial charge < -0.3 is 10.2 Å². The smallest absolute Gasteiger partial charge is 0.166 e. The Bertz CT molecular complexity index is 797. The monoisotopic (exact) mass is 431 g/mol. The van der Waals surface area contributed by atoms with Gasteiger partial charge in [-0.05, 0) is 69.8 Å². The second-order valence-corrected chi connectivity index (χ2v) is 8.93. The van der Waals surface area contributed by atoms with Gasteiger partial charge in [0.1, 0.15) is 0 Å². The fourth-order valence-corrected chi connectivity index (χ4v) is 4.50. The number of Topliss-reactive ketones (excluding diaryl/α,β-unsaturated/α-hetero) is 1. The number of halogens is 1. The molecule has 4 nitrogen and oxygen atoms in total. The molecular weight excluding hydrogens is 402 g/mol. The maximum Gasteiger partial charge on any atom is 0.166 e. The molecule has 2 aromatic rings. The van der Waals surface area contributed by atoms with E-state index >= 15 is 0 Å². The lowest BCUT2D eigenvalue weighted by Gasteiger charge is -2.30. The van der Waals surface area contributed by atoms with Gasteiger partial charge in [-0.3, -0.25) is 9.78 Å².